The molecular formula is C31H29ClN2O5S. The van der Waals surface area contributed by atoms with Crippen LogP contribution in [0, 0.1) is 0 Å². The maximum absolute atomic E-state index is 13.6. The summed E-state index contributed by atoms with van der Waals surface area (Å²) in [5.41, 5.74) is 1.65. The molecule has 0 bridgehead atoms. The van der Waals surface area contributed by atoms with E-state index in [0.29, 0.717) is 51.5 Å². The van der Waals surface area contributed by atoms with Crippen molar-refractivity contribution in [2.75, 3.05) is 18.1 Å². The molecule has 1 fully saturated rings. The van der Waals surface area contributed by atoms with Crippen LogP contribution in [0.4, 0.5) is 5.13 Å². The Labute approximate surface area is 241 Å². The van der Waals surface area contributed by atoms with E-state index in [2.05, 4.69) is 6.92 Å². The van der Waals surface area contributed by atoms with Crippen LogP contribution in [0.15, 0.2) is 72.3 Å². The molecule has 1 saturated heterocycles. The van der Waals surface area contributed by atoms with Crippen LogP contribution >= 0.6 is 22.9 Å². The Morgan fingerprint density at radius 3 is 2.52 bits per heavy atom. The quantitative estimate of drug-likeness (QED) is 0.0907. The number of halogens is 1. The van der Waals surface area contributed by atoms with E-state index < -0.39 is 17.7 Å². The lowest BCUT2D eigenvalue weighted by atomic mass is 9.95. The van der Waals surface area contributed by atoms with Gasteiger partial charge in [0.2, 0.25) is 0 Å². The number of aliphatic hydroxyl groups excluding tert-OH is 1. The molecule has 2 heterocycles. The zero-order valence-electron chi connectivity index (χ0n) is 22.2. The zero-order valence-corrected chi connectivity index (χ0v) is 23.8. The summed E-state index contributed by atoms with van der Waals surface area (Å²) in [6.45, 7) is 5.11. The Hall–Kier alpha value is -3.88. The number of benzene rings is 3. The van der Waals surface area contributed by atoms with Crippen LogP contribution in [0.25, 0.3) is 16.0 Å². The molecule has 1 aliphatic heterocycles. The first-order valence-corrected chi connectivity index (χ1v) is 14.4. The predicted molar refractivity (Wildman–Crippen MR) is 158 cm³/mol. The molecule has 1 atom stereocenters. The topological polar surface area (TPSA) is 89.0 Å². The number of hydrogen-bond acceptors (Lipinski definition) is 7. The summed E-state index contributed by atoms with van der Waals surface area (Å²) in [7, 11) is 0. The molecule has 5 rings (SSSR count). The third-order valence-corrected chi connectivity index (χ3v) is 7.89. The molecule has 206 valence electrons. The van der Waals surface area contributed by atoms with Gasteiger partial charge in [0, 0.05) is 10.6 Å². The van der Waals surface area contributed by atoms with Crippen molar-refractivity contribution in [2.45, 2.75) is 39.2 Å². The summed E-state index contributed by atoms with van der Waals surface area (Å²) < 4.78 is 12.4. The zero-order chi connectivity index (χ0) is 28.2. The number of rotatable bonds is 10. The van der Waals surface area contributed by atoms with Crippen molar-refractivity contribution in [3.05, 3.63) is 88.5 Å². The van der Waals surface area contributed by atoms with Crippen molar-refractivity contribution >= 4 is 55.7 Å². The highest BCUT2D eigenvalue weighted by Crippen LogP contribution is 2.45. The molecule has 1 aliphatic rings. The molecule has 40 heavy (non-hydrogen) atoms. The van der Waals surface area contributed by atoms with E-state index in [4.69, 9.17) is 26.1 Å². The number of Topliss-reactive ketones (excluding diaryl/α,β-unsaturated/α-hetero) is 1. The van der Waals surface area contributed by atoms with Gasteiger partial charge in [-0.05, 0) is 73.5 Å². The third-order valence-electron chi connectivity index (χ3n) is 6.62. The molecule has 1 aromatic heterocycles. The number of nitrogens with zero attached hydrogens (tertiary/aromatic N) is 2. The van der Waals surface area contributed by atoms with Crippen LogP contribution in [0.5, 0.6) is 11.5 Å². The SMILES string of the molecule is CCCCCOc1cccc(C2/C(=C(\O)c3ccc(Cl)cc3)C(=O)C(=O)N2c2nc3ccc(OCC)cc3s2)c1. The van der Waals surface area contributed by atoms with Gasteiger partial charge in [-0.25, -0.2) is 4.98 Å². The summed E-state index contributed by atoms with van der Waals surface area (Å²) in [5, 5.41) is 12.2. The molecule has 0 saturated carbocycles. The number of ketones is 1. The van der Waals surface area contributed by atoms with E-state index in [1.807, 2.05) is 49.4 Å². The molecule has 4 aromatic rings. The number of hydrogen-bond donors (Lipinski definition) is 1. The van der Waals surface area contributed by atoms with Crippen LogP contribution in [-0.4, -0.2) is 35.0 Å². The normalized spacial score (nSPS) is 16.6. The lowest BCUT2D eigenvalue weighted by Gasteiger charge is -2.23. The van der Waals surface area contributed by atoms with E-state index in [-0.39, 0.29) is 11.3 Å². The Bertz CT molecular complexity index is 1580. The minimum absolute atomic E-state index is 0.0234. The monoisotopic (exact) mass is 576 g/mol. The van der Waals surface area contributed by atoms with Crippen LogP contribution in [-0.2, 0) is 9.59 Å². The molecule has 1 N–H and O–H groups in total. The van der Waals surface area contributed by atoms with Crippen LogP contribution in [0.3, 0.4) is 0 Å². The lowest BCUT2D eigenvalue weighted by molar-refractivity contribution is -0.132. The van der Waals surface area contributed by atoms with Crippen molar-refractivity contribution in [3.8, 4) is 11.5 Å². The largest absolute Gasteiger partial charge is 0.507 e. The summed E-state index contributed by atoms with van der Waals surface area (Å²) in [5.74, 6) is -0.521. The van der Waals surface area contributed by atoms with Gasteiger partial charge in [-0.15, -0.1) is 0 Å². The number of ether oxygens (including phenoxy) is 2. The first-order valence-electron chi connectivity index (χ1n) is 13.2. The van der Waals surface area contributed by atoms with Crippen LogP contribution in [0.1, 0.15) is 50.3 Å². The maximum Gasteiger partial charge on any atom is 0.301 e. The van der Waals surface area contributed by atoms with Gasteiger partial charge in [0.15, 0.2) is 5.13 Å². The fourth-order valence-corrected chi connectivity index (χ4v) is 5.82. The van der Waals surface area contributed by atoms with Gasteiger partial charge in [0.25, 0.3) is 5.78 Å². The second-order valence-electron chi connectivity index (χ2n) is 9.36. The highest BCUT2D eigenvalue weighted by atomic mass is 35.5. The second-order valence-corrected chi connectivity index (χ2v) is 10.8. The van der Waals surface area contributed by atoms with E-state index in [1.54, 1.807) is 24.3 Å². The first-order chi connectivity index (χ1) is 19.4. The van der Waals surface area contributed by atoms with Gasteiger partial charge in [0.1, 0.15) is 17.3 Å². The number of thiazole rings is 1. The molecule has 0 spiro atoms. The van der Waals surface area contributed by atoms with E-state index in [1.165, 1.54) is 16.2 Å². The number of aliphatic hydroxyl groups is 1. The molecule has 1 amide bonds. The molecular weight excluding hydrogens is 548 g/mol. The molecule has 9 heteroatoms. The Morgan fingerprint density at radius 1 is 1.00 bits per heavy atom. The molecule has 0 aliphatic carbocycles. The smallest absolute Gasteiger partial charge is 0.301 e. The van der Waals surface area contributed by atoms with Gasteiger partial charge < -0.3 is 14.6 Å². The fraction of sp³-hybridized carbons (Fsp3) is 0.258. The fourth-order valence-electron chi connectivity index (χ4n) is 4.68. The van der Waals surface area contributed by atoms with Gasteiger partial charge in [0.05, 0.1) is 35.0 Å². The molecule has 0 radical (unpaired) electrons. The minimum atomic E-state index is -0.915. The van der Waals surface area contributed by atoms with Crippen molar-refractivity contribution in [3.63, 3.8) is 0 Å². The number of carbonyl (C=O) groups excluding carboxylic acids is 2. The number of carbonyl (C=O) groups is 2. The predicted octanol–water partition coefficient (Wildman–Crippen LogP) is 7.54. The number of unbranched alkanes of at least 4 members (excludes halogenated alkanes) is 2. The summed E-state index contributed by atoms with van der Waals surface area (Å²) in [6.07, 6.45) is 3.06. The van der Waals surface area contributed by atoms with Crippen LogP contribution < -0.4 is 14.4 Å². The number of fused-ring (bicyclic) bond motifs is 1. The standard InChI is InChI=1S/C31H29ClN2O5S/c1-3-5-6-16-39-22-9-7-8-20(17-22)27-26(28(35)19-10-12-21(32)13-11-19)29(36)30(37)34(27)31-33-24-15-14-23(38-4-2)18-25(24)40-31/h7-15,17-18,27,35H,3-6,16H2,1-2H3/b28-26+. The minimum Gasteiger partial charge on any atom is -0.507 e. The average Bonchev–Trinajstić information content (AvgIpc) is 3.49. The number of anilines is 1. The van der Waals surface area contributed by atoms with Crippen molar-refractivity contribution in [1.82, 2.24) is 4.98 Å². The van der Waals surface area contributed by atoms with Crippen molar-refractivity contribution in [2.24, 2.45) is 0 Å². The third kappa shape index (κ3) is 5.55. The summed E-state index contributed by atoms with van der Waals surface area (Å²) in [6, 6.07) is 18.4. The van der Waals surface area contributed by atoms with Crippen molar-refractivity contribution in [1.29, 1.82) is 0 Å². The number of amides is 1. The second kappa shape index (κ2) is 12.1. The van der Waals surface area contributed by atoms with Crippen LogP contribution in [0.2, 0.25) is 5.02 Å². The summed E-state index contributed by atoms with van der Waals surface area (Å²) >= 11 is 7.33. The van der Waals surface area contributed by atoms with Gasteiger partial charge >= 0.3 is 5.91 Å². The van der Waals surface area contributed by atoms with Crippen molar-refractivity contribution < 1.29 is 24.2 Å². The van der Waals surface area contributed by atoms with Gasteiger partial charge in [-0.3, -0.25) is 14.5 Å². The molecule has 7 nitrogen and oxygen atoms in total. The van der Waals surface area contributed by atoms with Gasteiger partial charge in [-0.1, -0.05) is 54.8 Å². The lowest BCUT2D eigenvalue weighted by Crippen LogP contribution is -2.29. The van der Waals surface area contributed by atoms with E-state index >= 15 is 0 Å². The highest BCUT2D eigenvalue weighted by molar-refractivity contribution is 7.22. The van der Waals surface area contributed by atoms with E-state index in [9.17, 15) is 14.7 Å². The summed E-state index contributed by atoms with van der Waals surface area (Å²) in [4.78, 5) is 33.2. The Kier molecular flexibility index (Phi) is 8.38. The average molecular weight is 577 g/mol. The molecule has 3 aromatic carbocycles. The Balaban J connectivity index is 1.63. The Morgan fingerprint density at radius 2 is 1.77 bits per heavy atom. The van der Waals surface area contributed by atoms with Gasteiger partial charge in [-0.2, -0.15) is 0 Å². The molecule has 1 unspecified atom stereocenters. The van der Waals surface area contributed by atoms with E-state index in [0.717, 1.165) is 24.0 Å². The maximum atomic E-state index is 13.6. The first kappa shape index (κ1) is 27.7. The number of aromatic nitrogens is 1. The highest BCUT2D eigenvalue weighted by Gasteiger charge is 2.48.